The van der Waals surface area contributed by atoms with Crippen LogP contribution >= 0.6 is 0 Å². The Morgan fingerprint density at radius 1 is 0.680 bits per heavy atom. The summed E-state index contributed by atoms with van der Waals surface area (Å²) in [4.78, 5) is 19.7. The van der Waals surface area contributed by atoms with Gasteiger partial charge in [-0.25, -0.2) is 0 Å². The first kappa shape index (κ1) is 35.8. The van der Waals surface area contributed by atoms with Gasteiger partial charge in [-0.05, 0) is 0 Å². The summed E-state index contributed by atoms with van der Waals surface area (Å²) < 4.78 is 0. The van der Waals surface area contributed by atoms with Gasteiger partial charge in [-0.2, -0.15) is 0 Å². The standard InChI is InChI=1S/2C5H10O6.Ca.2H2O/c2*6-1-2(7)3(8)4(9)5(10)11;;;/h2*2-4,6-9H,1H2,(H,10,11);;2*1H2/q;;+2;;/p-2. The Hall–Kier alpha value is -0.200. The van der Waals surface area contributed by atoms with Gasteiger partial charge in [0.1, 0.15) is 36.6 Å². The van der Waals surface area contributed by atoms with Gasteiger partial charge in [0.2, 0.25) is 0 Å². The molecule has 0 bridgehead atoms. The third-order valence-electron chi connectivity index (χ3n) is 2.29. The van der Waals surface area contributed by atoms with Crippen LogP contribution in [0.3, 0.4) is 0 Å². The van der Waals surface area contributed by atoms with Gasteiger partial charge in [0.15, 0.2) is 0 Å². The maximum Gasteiger partial charge on any atom is 2.00 e. The van der Waals surface area contributed by atoms with E-state index in [9.17, 15) is 19.8 Å². The van der Waals surface area contributed by atoms with Crippen molar-refractivity contribution in [2.45, 2.75) is 36.6 Å². The molecule has 0 rings (SSSR count). The fourth-order valence-electron chi connectivity index (χ4n) is 0.916. The van der Waals surface area contributed by atoms with Gasteiger partial charge in [0, 0.05) is 0 Å². The summed E-state index contributed by atoms with van der Waals surface area (Å²) in [5, 5.41) is 87.7. The zero-order valence-corrected chi connectivity index (χ0v) is 15.0. The smallest absolute Gasteiger partial charge is 0.547 e. The SMILES string of the molecule is O.O.O=C([O-])C(O)C(O)C(O)CO.O=C([O-])C(O)C(O)C(O)CO.[Ca+2]. The predicted octanol–water partition coefficient (Wildman–Crippen LogP) is -10.4. The summed E-state index contributed by atoms with van der Waals surface area (Å²) in [5.41, 5.74) is 0. The molecule has 0 aliphatic carbocycles. The van der Waals surface area contributed by atoms with Gasteiger partial charge in [0.25, 0.3) is 0 Å². The fourth-order valence-corrected chi connectivity index (χ4v) is 0.916. The van der Waals surface area contributed by atoms with E-state index in [1.54, 1.807) is 0 Å². The van der Waals surface area contributed by atoms with Gasteiger partial charge < -0.3 is 71.6 Å². The summed E-state index contributed by atoms with van der Waals surface area (Å²) in [5.74, 6) is -3.80. The molecule has 0 heterocycles. The maximum absolute atomic E-state index is 9.85. The topological polar surface area (TPSA) is 305 Å². The molecule has 14 nitrogen and oxygen atoms in total. The molecule has 0 spiro atoms. The van der Waals surface area contributed by atoms with Crippen molar-refractivity contribution in [1.82, 2.24) is 0 Å². The van der Waals surface area contributed by atoms with Crippen LogP contribution in [0.15, 0.2) is 0 Å². The van der Waals surface area contributed by atoms with Crippen molar-refractivity contribution in [3.8, 4) is 0 Å². The molecule has 0 fully saturated rings. The zero-order valence-electron chi connectivity index (χ0n) is 12.8. The quantitative estimate of drug-likeness (QED) is 0.174. The van der Waals surface area contributed by atoms with Crippen molar-refractivity contribution in [2.75, 3.05) is 13.2 Å². The number of aliphatic carboxylic acids is 2. The number of carboxylic acid groups (broad SMARTS) is 2. The second kappa shape index (κ2) is 18.6. The summed E-state index contributed by atoms with van der Waals surface area (Å²) >= 11 is 0. The predicted molar refractivity (Wildman–Crippen MR) is 73.2 cm³/mol. The van der Waals surface area contributed by atoms with Crippen molar-refractivity contribution < 1.29 is 71.6 Å². The van der Waals surface area contributed by atoms with Crippen molar-refractivity contribution in [3.63, 3.8) is 0 Å². The van der Waals surface area contributed by atoms with Gasteiger partial charge in [-0.1, -0.05) is 0 Å². The van der Waals surface area contributed by atoms with Crippen LogP contribution in [0.2, 0.25) is 0 Å². The maximum atomic E-state index is 9.85. The summed E-state index contributed by atoms with van der Waals surface area (Å²) in [6.45, 7) is -1.66. The van der Waals surface area contributed by atoms with E-state index in [1.807, 2.05) is 0 Å². The Morgan fingerprint density at radius 3 is 1.00 bits per heavy atom. The summed E-state index contributed by atoms with van der Waals surface area (Å²) in [7, 11) is 0. The number of aliphatic hydroxyl groups is 8. The zero-order chi connectivity index (χ0) is 18.0. The number of carbonyl (C=O) groups excluding carboxylic acids is 2. The molecule has 0 aliphatic rings. The molecule has 15 heteroatoms. The minimum absolute atomic E-state index is 0. The van der Waals surface area contributed by atoms with Crippen LogP contribution in [0.5, 0.6) is 0 Å². The fraction of sp³-hybridized carbons (Fsp3) is 0.800. The molecular weight excluding hydrogens is 384 g/mol. The molecule has 0 saturated heterocycles. The molecule has 0 aromatic carbocycles. The molecule has 25 heavy (non-hydrogen) atoms. The van der Waals surface area contributed by atoms with Crippen LogP contribution in [0.25, 0.3) is 0 Å². The van der Waals surface area contributed by atoms with Gasteiger partial charge in [0.05, 0.1) is 25.2 Å². The minimum atomic E-state index is -2.18. The first-order valence-electron chi connectivity index (χ1n) is 5.73. The molecule has 0 aromatic rings. The molecule has 0 saturated carbocycles. The Kier molecular flexibility index (Phi) is 26.6. The first-order chi connectivity index (χ1) is 10.0. The van der Waals surface area contributed by atoms with Crippen LogP contribution < -0.4 is 10.2 Å². The van der Waals surface area contributed by atoms with Crippen molar-refractivity contribution >= 4 is 49.7 Å². The number of carbonyl (C=O) groups is 2. The van der Waals surface area contributed by atoms with E-state index in [-0.39, 0.29) is 48.7 Å². The van der Waals surface area contributed by atoms with E-state index >= 15 is 0 Å². The summed E-state index contributed by atoms with van der Waals surface area (Å²) in [6.07, 6.45) is -11.6. The molecule has 6 unspecified atom stereocenters. The molecule has 12 N–H and O–H groups in total. The average Bonchev–Trinajstić information content (AvgIpc) is 2.50. The number of aliphatic hydroxyl groups excluding tert-OH is 8. The Labute approximate surface area is 170 Å². The average molecular weight is 406 g/mol. The van der Waals surface area contributed by atoms with Gasteiger partial charge in [-0.3, -0.25) is 0 Å². The van der Waals surface area contributed by atoms with E-state index in [1.165, 1.54) is 0 Å². The van der Waals surface area contributed by atoms with E-state index in [2.05, 4.69) is 0 Å². The molecule has 148 valence electrons. The minimum Gasteiger partial charge on any atom is -0.547 e. The van der Waals surface area contributed by atoms with Crippen LogP contribution in [0.4, 0.5) is 0 Å². The molecule has 0 radical (unpaired) electrons. The first-order valence-corrected chi connectivity index (χ1v) is 5.73. The van der Waals surface area contributed by atoms with Crippen molar-refractivity contribution in [1.29, 1.82) is 0 Å². The molecule has 0 aromatic heterocycles. The molecular formula is C10H22CaO14. The van der Waals surface area contributed by atoms with Gasteiger partial charge in [-0.15, -0.1) is 0 Å². The van der Waals surface area contributed by atoms with E-state index in [0.29, 0.717) is 0 Å². The van der Waals surface area contributed by atoms with E-state index < -0.39 is 61.8 Å². The van der Waals surface area contributed by atoms with Gasteiger partial charge >= 0.3 is 37.7 Å². The third kappa shape index (κ3) is 14.6. The Balaban J connectivity index is -0.0000000952. The van der Waals surface area contributed by atoms with E-state index in [4.69, 9.17) is 40.9 Å². The number of rotatable bonds is 8. The summed E-state index contributed by atoms with van der Waals surface area (Å²) in [6, 6.07) is 0. The largest absolute Gasteiger partial charge is 2.00 e. The molecule has 0 aliphatic heterocycles. The second-order valence-electron chi connectivity index (χ2n) is 4.01. The van der Waals surface area contributed by atoms with Crippen molar-refractivity contribution in [2.24, 2.45) is 0 Å². The van der Waals surface area contributed by atoms with Crippen LogP contribution in [0, 0.1) is 0 Å². The number of carboxylic acids is 2. The van der Waals surface area contributed by atoms with Crippen LogP contribution in [-0.4, -0.2) is 151 Å². The second-order valence-corrected chi connectivity index (χ2v) is 4.01. The van der Waals surface area contributed by atoms with E-state index in [0.717, 1.165) is 0 Å². The molecule has 6 atom stereocenters. The van der Waals surface area contributed by atoms with Crippen LogP contribution in [-0.2, 0) is 9.59 Å². The molecule has 0 amide bonds. The van der Waals surface area contributed by atoms with Crippen LogP contribution in [0.1, 0.15) is 0 Å². The Bertz CT molecular complexity index is 310. The van der Waals surface area contributed by atoms with Crippen molar-refractivity contribution in [3.05, 3.63) is 0 Å². The Morgan fingerprint density at radius 2 is 0.880 bits per heavy atom. The normalized spacial score (nSPS) is 16.6. The third-order valence-corrected chi connectivity index (χ3v) is 2.29. The monoisotopic (exact) mass is 406 g/mol. The number of hydrogen-bond donors (Lipinski definition) is 8. The number of hydrogen-bond acceptors (Lipinski definition) is 12.